The van der Waals surface area contributed by atoms with Gasteiger partial charge in [-0.2, -0.15) is 0 Å². The van der Waals surface area contributed by atoms with E-state index in [-0.39, 0.29) is 5.91 Å². The van der Waals surface area contributed by atoms with Gasteiger partial charge in [-0.1, -0.05) is 0 Å². The zero-order valence-electron chi connectivity index (χ0n) is 16.2. The first-order valence-corrected chi connectivity index (χ1v) is 8.73. The molecule has 0 spiro atoms. The van der Waals surface area contributed by atoms with Crippen LogP contribution in [-0.2, 0) is 11.2 Å². The third kappa shape index (κ3) is 3.63. The van der Waals surface area contributed by atoms with Gasteiger partial charge in [-0.25, -0.2) is 9.36 Å². The molecule has 3 rings (SSSR count). The molecule has 144 valence electrons. The van der Waals surface area contributed by atoms with E-state index >= 15 is 0 Å². The van der Waals surface area contributed by atoms with Gasteiger partial charge in [0.05, 0.1) is 25.5 Å². The number of rotatable bonds is 3. The van der Waals surface area contributed by atoms with Crippen LogP contribution in [0.4, 0.5) is 4.79 Å². The minimum absolute atomic E-state index is 0.202. The summed E-state index contributed by atoms with van der Waals surface area (Å²) in [6.07, 6.45) is 0.0185. The van der Waals surface area contributed by atoms with E-state index in [4.69, 9.17) is 14.2 Å². The molecule has 1 aliphatic heterocycles. The molecule has 0 bridgehead atoms. The average Bonchev–Trinajstić information content (AvgIpc) is 3.00. The van der Waals surface area contributed by atoms with Crippen LogP contribution in [0.25, 0.3) is 11.3 Å². The fourth-order valence-corrected chi connectivity index (χ4v) is 3.11. The number of methoxy groups -OCH3 is 2. The van der Waals surface area contributed by atoms with Gasteiger partial charge < -0.3 is 19.5 Å². The number of carbonyl (C=O) groups excluding carboxylic acids is 2. The second-order valence-electron chi connectivity index (χ2n) is 7.28. The summed E-state index contributed by atoms with van der Waals surface area (Å²) in [5, 5.41) is 2.81. The number of aromatic nitrogens is 1. The highest BCUT2D eigenvalue weighted by Crippen LogP contribution is 2.37. The van der Waals surface area contributed by atoms with E-state index in [0.717, 1.165) is 0 Å². The van der Waals surface area contributed by atoms with Crippen molar-refractivity contribution in [2.75, 3.05) is 20.8 Å². The molecule has 0 saturated carbocycles. The van der Waals surface area contributed by atoms with Gasteiger partial charge >= 0.3 is 6.09 Å². The first kappa shape index (κ1) is 18.8. The first-order chi connectivity index (χ1) is 12.7. The molecule has 7 nitrogen and oxygen atoms in total. The van der Waals surface area contributed by atoms with Crippen LogP contribution in [-0.4, -0.2) is 42.9 Å². The van der Waals surface area contributed by atoms with Crippen molar-refractivity contribution in [3.8, 4) is 22.8 Å². The molecule has 1 aromatic heterocycles. The van der Waals surface area contributed by atoms with Crippen molar-refractivity contribution in [2.45, 2.75) is 32.8 Å². The maximum Gasteiger partial charge on any atom is 0.419 e. The number of benzene rings is 1. The predicted octanol–water partition coefficient (Wildman–Crippen LogP) is 3.24. The highest BCUT2D eigenvalue weighted by atomic mass is 16.6. The Kier molecular flexibility index (Phi) is 4.87. The van der Waals surface area contributed by atoms with Gasteiger partial charge in [0.25, 0.3) is 5.91 Å². The Labute approximate surface area is 158 Å². The largest absolute Gasteiger partial charge is 0.497 e. The summed E-state index contributed by atoms with van der Waals surface area (Å²) in [5.74, 6) is 0.968. The molecule has 1 aromatic carbocycles. The summed E-state index contributed by atoms with van der Waals surface area (Å²) in [7, 11) is 3.12. The van der Waals surface area contributed by atoms with Gasteiger partial charge in [-0.15, -0.1) is 0 Å². The Morgan fingerprint density at radius 2 is 1.85 bits per heavy atom. The molecule has 1 amide bonds. The van der Waals surface area contributed by atoms with Crippen LogP contribution in [0, 0.1) is 0 Å². The van der Waals surface area contributed by atoms with E-state index in [0.29, 0.717) is 47.0 Å². The molecule has 2 heterocycles. The highest BCUT2D eigenvalue weighted by molar-refractivity contribution is 6.00. The molecule has 0 radical (unpaired) electrons. The van der Waals surface area contributed by atoms with Crippen molar-refractivity contribution in [3.63, 3.8) is 0 Å². The summed E-state index contributed by atoms with van der Waals surface area (Å²) in [5.41, 5.74) is 1.67. The standard InChI is InChI=1S/C20H24N2O5/c1-20(2,3)27-19(24)22-15-8-9-21-18(23)14(15)11-16(22)13-7-6-12(25-4)10-17(13)26-5/h6-7,10-11H,8-9H2,1-5H3,(H,21,23). The van der Waals surface area contributed by atoms with Crippen LogP contribution in [0.15, 0.2) is 24.3 Å². The average molecular weight is 372 g/mol. The van der Waals surface area contributed by atoms with Crippen LogP contribution >= 0.6 is 0 Å². The molecule has 0 aliphatic carbocycles. The van der Waals surface area contributed by atoms with Gasteiger partial charge in [-0.05, 0) is 39.0 Å². The lowest BCUT2D eigenvalue weighted by molar-refractivity contribution is 0.0535. The van der Waals surface area contributed by atoms with E-state index in [1.165, 1.54) is 4.57 Å². The van der Waals surface area contributed by atoms with Gasteiger partial charge in [0, 0.05) is 30.3 Å². The smallest absolute Gasteiger partial charge is 0.419 e. The maximum absolute atomic E-state index is 13.0. The zero-order chi connectivity index (χ0) is 19.8. The molecule has 2 aromatic rings. The fourth-order valence-electron chi connectivity index (χ4n) is 3.11. The van der Waals surface area contributed by atoms with Crippen LogP contribution < -0.4 is 14.8 Å². The molecule has 1 aliphatic rings. The summed E-state index contributed by atoms with van der Waals surface area (Å²) in [6.45, 7) is 5.89. The lowest BCUT2D eigenvalue weighted by Crippen LogP contribution is -2.34. The van der Waals surface area contributed by atoms with E-state index in [9.17, 15) is 9.59 Å². The van der Waals surface area contributed by atoms with Crippen molar-refractivity contribution in [1.82, 2.24) is 9.88 Å². The second-order valence-corrected chi connectivity index (χ2v) is 7.28. The molecule has 27 heavy (non-hydrogen) atoms. The number of amides is 1. The lowest BCUT2D eigenvalue weighted by atomic mass is 10.1. The third-order valence-corrected chi connectivity index (χ3v) is 4.26. The predicted molar refractivity (Wildman–Crippen MR) is 101 cm³/mol. The summed E-state index contributed by atoms with van der Waals surface area (Å²) >= 11 is 0. The Morgan fingerprint density at radius 3 is 2.48 bits per heavy atom. The molecule has 0 fully saturated rings. The Hall–Kier alpha value is -2.96. The quantitative estimate of drug-likeness (QED) is 0.895. The molecular weight excluding hydrogens is 348 g/mol. The first-order valence-electron chi connectivity index (χ1n) is 8.73. The molecular formula is C20H24N2O5. The molecule has 0 atom stereocenters. The topological polar surface area (TPSA) is 78.8 Å². The highest BCUT2D eigenvalue weighted by Gasteiger charge is 2.30. The van der Waals surface area contributed by atoms with E-state index in [1.54, 1.807) is 59.3 Å². The van der Waals surface area contributed by atoms with Crippen molar-refractivity contribution in [2.24, 2.45) is 0 Å². The number of hydrogen-bond acceptors (Lipinski definition) is 5. The normalized spacial score (nSPS) is 13.6. The summed E-state index contributed by atoms with van der Waals surface area (Å²) in [6, 6.07) is 7.03. The monoisotopic (exact) mass is 372 g/mol. The van der Waals surface area contributed by atoms with E-state index in [1.807, 2.05) is 0 Å². The maximum atomic E-state index is 13.0. The number of nitrogens with one attached hydrogen (secondary N) is 1. The number of carbonyl (C=O) groups is 2. The summed E-state index contributed by atoms with van der Waals surface area (Å²) in [4.78, 5) is 25.3. The lowest BCUT2D eigenvalue weighted by Gasteiger charge is -2.23. The van der Waals surface area contributed by atoms with Crippen molar-refractivity contribution in [3.05, 3.63) is 35.5 Å². The molecule has 0 unspecified atom stereocenters. The van der Waals surface area contributed by atoms with Gasteiger partial charge in [0.2, 0.25) is 0 Å². The van der Waals surface area contributed by atoms with Gasteiger partial charge in [0.1, 0.15) is 17.1 Å². The van der Waals surface area contributed by atoms with Crippen LogP contribution in [0.5, 0.6) is 11.5 Å². The minimum Gasteiger partial charge on any atom is -0.497 e. The van der Waals surface area contributed by atoms with Crippen molar-refractivity contribution >= 4 is 12.0 Å². The van der Waals surface area contributed by atoms with Gasteiger partial charge in [0.15, 0.2) is 0 Å². The number of hydrogen-bond donors (Lipinski definition) is 1. The Bertz CT molecular complexity index is 893. The van der Waals surface area contributed by atoms with E-state index in [2.05, 4.69) is 5.32 Å². The van der Waals surface area contributed by atoms with Crippen LogP contribution in [0.1, 0.15) is 36.8 Å². The van der Waals surface area contributed by atoms with Crippen LogP contribution in [0.2, 0.25) is 0 Å². The molecule has 0 saturated heterocycles. The van der Waals surface area contributed by atoms with Gasteiger partial charge in [-0.3, -0.25) is 4.79 Å². The second kappa shape index (κ2) is 6.98. The van der Waals surface area contributed by atoms with Crippen molar-refractivity contribution < 1.29 is 23.8 Å². The van der Waals surface area contributed by atoms with Crippen molar-refractivity contribution in [1.29, 1.82) is 0 Å². The SMILES string of the molecule is COc1ccc(-c2cc3c(n2C(=O)OC(C)(C)C)CCNC3=O)c(OC)c1. The Balaban J connectivity index is 2.21. The molecule has 1 N–H and O–H groups in total. The number of fused-ring (bicyclic) bond motifs is 1. The zero-order valence-corrected chi connectivity index (χ0v) is 16.2. The number of ether oxygens (including phenoxy) is 3. The van der Waals surface area contributed by atoms with E-state index < -0.39 is 11.7 Å². The molecule has 7 heteroatoms. The third-order valence-electron chi connectivity index (χ3n) is 4.26. The van der Waals surface area contributed by atoms with Crippen LogP contribution in [0.3, 0.4) is 0 Å². The fraction of sp³-hybridized carbons (Fsp3) is 0.400. The Morgan fingerprint density at radius 1 is 1.11 bits per heavy atom. The minimum atomic E-state index is -0.660. The number of nitrogens with zero attached hydrogens (tertiary/aromatic N) is 1. The summed E-state index contributed by atoms with van der Waals surface area (Å²) < 4.78 is 17.8.